The first-order chi connectivity index (χ1) is 20.4. The Hall–Kier alpha value is -4.22. The molecule has 0 saturated carbocycles. The van der Waals surface area contributed by atoms with E-state index in [1.54, 1.807) is 41.5 Å². The van der Waals surface area contributed by atoms with E-state index in [1.807, 2.05) is 43.3 Å². The summed E-state index contributed by atoms with van der Waals surface area (Å²) in [6, 6.07) is 13.8. The average molecular weight is 592 g/mol. The first-order valence-corrected chi connectivity index (χ1v) is 14.7. The maximum atomic E-state index is 13.8. The second-order valence-electron chi connectivity index (χ2n) is 9.66. The van der Waals surface area contributed by atoms with Crippen molar-refractivity contribution in [1.82, 2.24) is 9.47 Å². The van der Waals surface area contributed by atoms with Gasteiger partial charge in [-0.1, -0.05) is 35.6 Å². The van der Waals surface area contributed by atoms with Crippen LogP contribution in [-0.4, -0.2) is 67.5 Å². The van der Waals surface area contributed by atoms with Crippen LogP contribution in [0.3, 0.4) is 0 Å². The summed E-state index contributed by atoms with van der Waals surface area (Å²) in [5.41, 5.74) is 2.10. The molecule has 3 aromatic rings. The minimum Gasteiger partial charge on any atom is -0.494 e. The van der Waals surface area contributed by atoms with Gasteiger partial charge in [-0.25, -0.2) is 9.79 Å². The highest BCUT2D eigenvalue weighted by atomic mass is 32.1. The largest absolute Gasteiger partial charge is 0.494 e. The molecular weight excluding hydrogens is 558 g/mol. The van der Waals surface area contributed by atoms with E-state index in [4.69, 9.17) is 18.9 Å². The van der Waals surface area contributed by atoms with Crippen molar-refractivity contribution in [3.8, 4) is 11.5 Å². The third kappa shape index (κ3) is 6.32. The predicted octanol–water partition coefficient (Wildman–Crippen LogP) is 2.43. The summed E-state index contributed by atoms with van der Waals surface area (Å²) in [7, 11) is 0. The van der Waals surface area contributed by atoms with Gasteiger partial charge in [0.25, 0.3) is 11.5 Å². The van der Waals surface area contributed by atoms with E-state index in [1.165, 1.54) is 11.3 Å². The summed E-state index contributed by atoms with van der Waals surface area (Å²) >= 11 is 1.26. The summed E-state index contributed by atoms with van der Waals surface area (Å²) in [4.78, 5) is 46.1. The normalized spacial score (nSPS) is 17.0. The highest BCUT2D eigenvalue weighted by molar-refractivity contribution is 7.07. The second kappa shape index (κ2) is 13.2. The van der Waals surface area contributed by atoms with Gasteiger partial charge >= 0.3 is 5.97 Å². The molecule has 2 aromatic carbocycles. The monoisotopic (exact) mass is 591 g/mol. The predicted molar refractivity (Wildman–Crippen MR) is 157 cm³/mol. The SMILES string of the molecule is CCOC(=O)C1=C(C)N=c2s/c(=C/c3ccc(OCC(=O)N4CCOCC4)cc3)c(=O)n2[C@H]1c1ccc(OCC)cc1. The van der Waals surface area contributed by atoms with Gasteiger partial charge in [0.2, 0.25) is 0 Å². The first kappa shape index (κ1) is 29.3. The van der Waals surface area contributed by atoms with Crippen molar-refractivity contribution >= 4 is 29.3 Å². The van der Waals surface area contributed by atoms with Crippen LogP contribution >= 0.6 is 11.3 Å². The smallest absolute Gasteiger partial charge is 0.338 e. The summed E-state index contributed by atoms with van der Waals surface area (Å²) in [5, 5.41) is 0. The number of ether oxygens (including phenoxy) is 4. The minimum absolute atomic E-state index is 0.0500. The van der Waals surface area contributed by atoms with Crippen LogP contribution in [0.2, 0.25) is 0 Å². The lowest BCUT2D eigenvalue weighted by molar-refractivity contribution is -0.139. The Labute approximate surface area is 247 Å². The number of fused-ring (bicyclic) bond motifs is 1. The molecule has 2 aliphatic rings. The Morgan fingerprint density at radius 2 is 1.67 bits per heavy atom. The number of hydrogen-bond acceptors (Lipinski definition) is 9. The lowest BCUT2D eigenvalue weighted by Gasteiger charge is -2.26. The molecule has 0 radical (unpaired) electrons. The van der Waals surface area contributed by atoms with Crippen LogP contribution < -0.4 is 24.4 Å². The molecule has 0 unspecified atom stereocenters. The number of rotatable bonds is 9. The van der Waals surface area contributed by atoms with Crippen molar-refractivity contribution in [1.29, 1.82) is 0 Å². The van der Waals surface area contributed by atoms with Gasteiger partial charge in [-0.3, -0.25) is 14.2 Å². The van der Waals surface area contributed by atoms with Crippen LogP contribution in [-0.2, 0) is 19.1 Å². The highest BCUT2D eigenvalue weighted by Gasteiger charge is 2.33. The van der Waals surface area contributed by atoms with Crippen LogP contribution in [0, 0.1) is 0 Å². The van der Waals surface area contributed by atoms with Gasteiger partial charge in [0.15, 0.2) is 11.4 Å². The minimum atomic E-state index is -0.696. The zero-order valence-corrected chi connectivity index (χ0v) is 24.6. The molecule has 1 aromatic heterocycles. The molecule has 11 heteroatoms. The van der Waals surface area contributed by atoms with Gasteiger partial charge in [-0.15, -0.1) is 0 Å². The van der Waals surface area contributed by atoms with Crippen LogP contribution in [0.15, 0.2) is 69.6 Å². The van der Waals surface area contributed by atoms with E-state index in [0.29, 0.717) is 65.0 Å². The van der Waals surface area contributed by atoms with Crippen molar-refractivity contribution in [3.05, 3.63) is 90.6 Å². The molecular formula is C31H33N3O7S. The van der Waals surface area contributed by atoms with E-state index >= 15 is 0 Å². The molecule has 2 aliphatic heterocycles. The number of nitrogens with zero attached hydrogens (tertiary/aromatic N) is 3. The van der Waals surface area contributed by atoms with Crippen molar-refractivity contribution in [3.63, 3.8) is 0 Å². The van der Waals surface area contributed by atoms with Gasteiger partial charge in [0.05, 0.1) is 48.3 Å². The summed E-state index contributed by atoms with van der Waals surface area (Å²) < 4.78 is 23.9. The van der Waals surface area contributed by atoms with Gasteiger partial charge in [-0.05, 0) is 62.2 Å². The van der Waals surface area contributed by atoms with Crippen LogP contribution in [0.5, 0.6) is 11.5 Å². The fourth-order valence-corrected chi connectivity index (χ4v) is 5.93. The van der Waals surface area contributed by atoms with E-state index < -0.39 is 12.0 Å². The number of hydrogen-bond donors (Lipinski definition) is 0. The Bertz CT molecular complexity index is 1650. The van der Waals surface area contributed by atoms with Crippen LogP contribution in [0.25, 0.3) is 6.08 Å². The van der Waals surface area contributed by atoms with E-state index in [9.17, 15) is 14.4 Å². The standard InChI is InChI=1S/C31H33N3O7S/c1-4-39-23-12-8-22(9-13-23)28-27(30(37)40-5-2)20(3)32-31-34(28)29(36)25(42-31)18-21-6-10-24(11-7-21)41-19-26(35)33-14-16-38-17-15-33/h6-13,18,28H,4-5,14-17,19H2,1-3H3/b25-18+/t28-/m0/s1. The fraction of sp³-hybridized carbons (Fsp3) is 0.355. The molecule has 1 atom stereocenters. The molecule has 10 nitrogen and oxygen atoms in total. The fourth-order valence-electron chi connectivity index (χ4n) is 4.88. The van der Waals surface area contributed by atoms with Crippen LogP contribution in [0.1, 0.15) is 37.9 Å². The van der Waals surface area contributed by atoms with Crippen molar-refractivity contribution in [2.24, 2.45) is 4.99 Å². The summed E-state index contributed by atoms with van der Waals surface area (Å²) in [6.45, 7) is 8.31. The number of thiazole rings is 1. The number of carbonyl (C=O) groups is 2. The lowest BCUT2D eigenvalue weighted by Crippen LogP contribution is -2.42. The number of benzene rings is 2. The Morgan fingerprint density at radius 1 is 1.00 bits per heavy atom. The molecule has 1 fully saturated rings. The van der Waals surface area contributed by atoms with Gasteiger partial charge in [0, 0.05) is 13.1 Å². The quantitative estimate of drug-likeness (QED) is 0.352. The van der Waals surface area contributed by atoms with Crippen molar-refractivity contribution < 1.29 is 28.5 Å². The third-order valence-electron chi connectivity index (χ3n) is 6.93. The molecule has 0 spiro atoms. The van der Waals surface area contributed by atoms with E-state index in [2.05, 4.69) is 4.99 Å². The molecule has 5 rings (SSSR count). The van der Waals surface area contributed by atoms with E-state index in [-0.39, 0.29) is 24.7 Å². The number of allylic oxidation sites excluding steroid dienone is 1. The zero-order chi connectivity index (χ0) is 29.6. The maximum Gasteiger partial charge on any atom is 0.338 e. The van der Waals surface area contributed by atoms with E-state index in [0.717, 1.165) is 11.1 Å². The zero-order valence-electron chi connectivity index (χ0n) is 23.8. The molecule has 3 heterocycles. The maximum absolute atomic E-state index is 13.8. The van der Waals surface area contributed by atoms with Crippen LogP contribution in [0.4, 0.5) is 0 Å². The highest BCUT2D eigenvalue weighted by Crippen LogP contribution is 2.31. The second-order valence-corrected chi connectivity index (χ2v) is 10.7. The number of carbonyl (C=O) groups excluding carboxylic acids is 2. The average Bonchev–Trinajstić information content (AvgIpc) is 3.30. The Morgan fingerprint density at radius 3 is 2.33 bits per heavy atom. The Balaban J connectivity index is 1.43. The molecule has 220 valence electrons. The first-order valence-electron chi connectivity index (χ1n) is 13.9. The molecule has 0 N–H and O–H groups in total. The summed E-state index contributed by atoms with van der Waals surface area (Å²) in [6.07, 6.45) is 1.78. The summed E-state index contributed by atoms with van der Waals surface area (Å²) in [5.74, 6) is 0.669. The van der Waals surface area contributed by atoms with Gasteiger partial charge < -0.3 is 23.8 Å². The molecule has 0 bridgehead atoms. The third-order valence-corrected chi connectivity index (χ3v) is 7.91. The molecule has 1 saturated heterocycles. The lowest BCUT2D eigenvalue weighted by atomic mass is 9.96. The molecule has 42 heavy (non-hydrogen) atoms. The molecule has 1 amide bonds. The van der Waals surface area contributed by atoms with Gasteiger partial charge in [0.1, 0.15) is 11.5 Å². The van der Waals surface area contributed by atoms with Crippen molar-refractivity contribution in [2.75, 3.05) is 46.1 Å². The number of morpholine rings is 1. The molecule has 0 aliphatic carbocycles. The number of aromatic nitrogens is 1. The van der Waals surface area contributed by atoms with Crippen molar-refractivity contribution in [2.45, 2.75) is 26.8 Å². The number of amides is 1. The van der Waals surface area contributed by atoms with Gasteiger partial charge in [-0.2, -0.15) is 0 Å². The topological polar surface area (TPSA) is 109 Å². The Kier molecular flexibility index (Phi) is 9.19. The number of esters is 1.